The van der Waals surface area contributed by atoms with Crippen LogP contribution in [-0.2, 0) is 14.8 Å². The van der Waals surface area contributed by atoms with Crippen LogP contribution >= 0.6 is 11.3 Å². The second-order valence-electron chi connectivity index (χ2n) is 6.91. The van der Waals surface area contributed by atoms with Crippen molar-refractivity contribution in [1.82, 2.24) is 9.29 Å². The van der Waals surface area contributed by atoms with Crippen molar-refractivity contribution in [3.8, 4) is 0 Å². The number of carbonyl (C=O) groups is 1. The molecule has 1 aromatic heterocycles. The number of anilines is 1. The first-order chi connectivity index (χ1) is 14.0. The molecule has 0 radical (unpaired) electrons. The van der Waals surface area contributed by atoms with E-state index in [-0.39, 0.29) is 11.8 Å². The highest BCUT2D eigenvalue weighted by atomic mass is 32.2. The number of rotatable bonds is 5. The highest BCUT2D eigenvalue weighted by Crippen LogP contribution is 2.27. The van der Waals surface area contributed by atoms with Crippen molar-refractivity contribution in [3.63, 3.8) is 0 Å². The van der Waals surface area contributed by atoms with Gasteiger partial charge < -0.3 is 5.32 Å². The van der Waals surface area contributed by atoms with E-state index in [9.17, 15) is 13.2 Å². The van der Waals surface area contributed by atoms with Gasteiger partial charge >= 0.3 is 0 Å². The van der Waals surface area contributed by atoms with Gasteiger partial charge in [0.05, 0.1) is 10.2 Å². The van der Waals surface area contributed by atoms with Gasteiger partial charge in [0.2, 0.25) is 15.9 Å². The van der Waals surface area contributed by atoms with E-state index in [0.29, 0.717) is 31.1 Å². The lowest BCUT2D eigenvalue weighted by Gasteiger charge is -2.29. The number of piperidine rings is 1. The van der Waals surface area contributed by atoms with Crippen LogP contribution in [0.15, 0.2) is 60.0 Å². The summed E-state index contributed by atoms with van der Waals surface area (Å²) in [5.41, 5.74) is 1.69. The number of sulfonamides is 1. The molecular formula is C21H21N3O3S2. The average molecular weight is 428 g/mol. The molecule has 8 heteroatoms. The van der Waals surface area contributed by atoms with Gasteiger partial charge in [-0.15, -0.1) is 0 Å². The third kappa shape index (κ3) is 4.72. The summed E-state index contributed by atoms with van der Waals surface area (Å²) < 4.78 is 27.6. The second-order valence-corrected chi connectivity index (χ2v) is 9.76. The van der Waals surface area contributed by atoms with E-state index in [0.717, 1.165) is 15.8 Å². The van der Waals surface area contributed by atoms with Crippen molar-refractivity contribution in [2.24, 2.45) is 5.92 Å². The summed E-state index contributed by atoms with van der Waals surface area (Å²) in [6.45, 7) is 0.665. The zero-order chi connectivity index (χ0) is 20.3. The summed E-state index contributed by atoms with van der Waals surface area (Å²) in [6.07, 6.45) is 2.59. The van der Waals surface area contributed by atoms with E-state index in [4.69, 9.17) is 0 Å². The molecule has 2 heterocycles. The predicted molar refractivity (Wildman–Crippen MR) is 117 cm³/mol. The van der Waals surface area contributed by atoms with Crippen LogP contribution in [0.3, 0.4) is 0 Å². The van der Waals surface area contributed by atoms with Gasteiger partial charge in [-0.05, 0) is 36.6 Å². The topological polar surface area (TPSA) is 79.4 Å². The fourth-order valence-corrected chi connectivity index (χ4v) is 5.41. The van der Waals surface area contributed by atoms with Gasteiger partial charge in [-0.1, -0.05) is 53.8 Å². The number of hydrogen-bond acceptors (Lipinski definition) is 5. The van der Waals surface area contributed by atoms with E-state index >= 15 is 0 Å². The number of fused-ring (bicyclic) bond motifs is 1. The first kappa shape index (κ1) is 19.8. The molecule has 1 N–H and O–H groups in total. The third-order valence-electron chi connectivity index (χ3n) is 4.94. The first-order valence-electron chi connectivity index (χ1n) is 9.41. The zero-order valence-corrected chi connectivity index (χ0v) is 17.3. The van der Waals surface area contributed by atoms with Crippen molar-refractivity contribution in [2.45, 2.75) is 12.8 Å². The average Bonchev–Trinajstić information content (AvgIpc) is 3.15. The molecule has 3 aromatic rings. The minimum absolute atomic E-state index is 0.0964. The molecule has 0 saturated carbocycles. The number of amides is 1. The monoisotopic (exact) mass is 427 g/mol. The van der Waals surface area contributed by atoms with E-state index in [1.807, 2.05) is 54.6 Å². The Bertz CT molecular complexity index is 1100. The molecule has 1 aliphatic rings. The normalized spacial score (nSPS) is 16.4. The largest absolute Gasteiger partial charge is 0.302 e. The summed E-state index contributed by atoms with van der Waals surface area (Å²) >= 11 is 1.44. The van der Waals surface area contributed by atoms with Crippen LogP contribution in [0, 0.1) is 5.92 Å². The molecule has 0 atom stereocenters. The molecule has 0 aliphatic carbocycles. The number of benzene rings is 2. The Labute approximate surface area is 173 Å². The molecule has 1 fully saturated rings. The Kier molecular flexibility index (Phi) is 5.75. The summed E-state index contributed by atoms with van der Waals surface area (Å²) in [6, 6.07) is 17.0. The molecule has 1 aliphatic heterocycles. The molecule has 2 aromatic carbocycles. The fraction of sp³-hybridized carbons (Fsp3) is 0.238. The Balaban J connectivity index is 1.34. The molecule has 1 saturated heterocycles. The lowest BCUT2D eigenvalue weighted by molar-refractivity contribution is -0.120. The Morgan fingerprint density at radius 3 is 2.48 bits per heavy atom. The number of aromatic nitrogens is 1. The van der Waals surface area contributed by atoms with Crippen molar-refractivity contribution < 1.29 is 13.2 Å². The van der Waals surface area contributed by atoms with E-state index in [1.54, 1.807) is 6.08 Å². The maximum atomic E-state index is 12.6. The smallest absolute Gasteiger partial charge is 0.236 e. The molecular weight excluding hydrogens is 406 g/mol. The first-order valence-corrected chi connectivity index (χ1v) is 11.7. The summed E-state index contributed by atoms with van der Waals surface area (Å²) in [7, 11) is -3.50. The summed E-state index contributed by atoms with van der Waals surface area (Å²) in [5.74, 6) is -0.313. The van der Waals surface area contributed by atoms with Crippen LogP contribution in [0.5, 0.6) is 0 Å². The van der Waals surface area contributed by atoms with E-state index in [1.165, 1.54) is 21.1 Å². The van der Waals surface area contributed by atoms with Gasteiger partial charge in [0, 0.05) is 24.4 Å². The molecule has 0 unspecified atom stereocenters. The van der Waals surface area contributed by atoms with Crippen LogP contribution < -0.4 is 5.32 Å². The Morgan fingerprint density at radius 2 is 1.76 bits per heavy atom. The van der Waals surface area contributed by atoms with E-state index in [2.05, 4.69) is 10.3 Å². The highest BCUT2D eigenvalue weighted by molar-refractivity contribution is 7.92. The maximum absolute atomic E-state index is 12.6. The van der Waals surface area contributed by atoms with Crippen molar-refractivity contribution in [3.05, 3.63) is 65.6 Å². The highest BCUT2D eigenvalue weighted by Gasteiger charge is 2.30. The van der Waals surface area contributed by atoms with Crippen molar-refractivity contribution >= 4 is 48.7 Å². The number of hydrogen-bond donors (Lipinski definition) is 1. The van der Waals surface area contributed by atoms with Gasteiger partial charge in [-0.3, -0.25) is 4.79 Å². The molecule has 6 nitrogen and oxygen atoms in total. The molecule has 150 valence electrons. The SMILES string of the molecule is O=C(Nc1nc2ccccc2s1)C1CCN(S(=O)(=O)/C=C/c2ccccc2)CC1. The number of nitrogens with zero attached hydrogens (tertiary/aromatic N) is 2. The number of carbonyl (C=O) groups excluding carboxylic acids is 1. The van der Waals surface area contributed by atoms with Crippen LogP contribution in [0.1, 0.15) is 18.4 Å². The van der Waals surface area contributed by atoms with Gasteiger partial charge in [0.1, 0.15) is 0 Å². The molecule has 4 rings (SSSR count). The standard InChI is InChI=1S/C21H21N3O3S2/c25-20(23-21-22-18-8-4-5-9-19(18)28-21)17-10-13-24(14-11-17)29(26,27)15-12-16-6-2-1-3-7-16/h1-9,12,15,17H,10-11,13-14H2,(H,22,23,25)/b15-12+. The summed E-state index contributed by atoms with van der Waals surface area (Å²) in [5, 5.41) is 4.71. The van der Waals surface area contributed by atoms with Crippen LogP contribution in [-0.4, -0.2) is 36.7 Å². The maximum Gasteiger partial charge on any atom is 0.236 e. The summed E-state index contributed by atoms with van der Waals surface area (Å²) in [4.78, 5) is 17.0. The van der Waals surface area contributed by atoms with Crippen molar-refractivity contribution in [2.75, 3.05) is 18.4 Å². The van der Waals surface area contributed by atoms with Crippen LogP contribution in [0.25, 0.3) is 16.3 Å². The van der Waals surface area contributed by atoms with Gasteiger partial charge in [-0.2, -0.15) is 4.31 Å². The third-order valence-corrected chi connectivity index (χ3v) is 7.46. The van der Waals surface area contributed by atoms with Gasteiger partial charge in [0.15, 0.2) is 5.13 Å². The predicted octanol–water partition coefficient (Wildman–Crippen LogP) is 3.95. The molecule has 0 bridgehead atoms. The zero-order valence-electron chi connectivity index (χ0n) is 15.7. The Morgan fingerprint density at radius 1 is 1.07 bits per heavy atom. The minimum atomic E-state index is -3.50. The second kappa shape index (κ2) is 8.44. The molecule has 29 heavy (non-hydrogen) atoms. The minimum Gasteiger partial charge on any atom is -0.302 e. The van der Waals surface area contributed by atoms with Crippen LogP contribution in [0.2, 0.25) is 0 Å². The van der Waals surface area contributed by atoms with Crippen molar-refractivity contribution in [1.29, 1.82) is 0 Å². The van der Waals surface area contributed by atoms with Gasteiger partial charge in [-0.25, -0.2) is 13.4 Å². The van der Waals surface area contributed by atoms with E-state index < -0.39 is 10.0 Å². The van der Waals surface area contributed by atoms with Gasteiger partial charge in [0.25, 0.3) is 0 Å². The number of thiazole rings is 1. The molecule has 1 amide bonds. The Hall–Kier alpha value is -2.55. The molecule has 0 spiro atoms. The number of para-hydroxylation sites is 1. The van der Waals surface area contributed by atoms with Crippen LogP contribution in [0.4, 0.5) is 5.13 Å². The lowest BCUT2D eigenvalue weighted by Crippen LogP contribution is -2.40. The number of nitrogens with one attached hydrogen (secondary N) is 1. The quantitative estimate of drug-likeness (QED) is 0.669. The lowest BCUT2D eigenvalue weighted by atomic mass is 9.97. The fourth-order valence-electron chi connectivity index (χ4n) is 3.32.